The molecular weight excluding hydrogens is 255 g/mol. The zero-order valence-corrected chi connectivity index (χ0v) is 10.8. The Morgan fingerprint density at radius 3 is 2.53 bits per heavy atom. The standard InChI is InChI=1S/C14H18F3NO/c1-19-13-9-5-4-8-12(13)18-11-7-3-2-6-10(11)14(15,16)17/h4-5,8-11,18H,2-3,6-7H2,1H3. The van der Waals surface area contributed by atoms with Crippen LogP contribution < -0.4 is 10.1 Å². The number of rotatable bonds is 3. The maximum Gasteiger partial charge on any atom is 0.393 e. The van der Waals surface area contributed by atoms with Crippen molar-refractivity contribution in [1.29, 1.82) is 0 Å². The highest BCUT2D eigenvalue weighted by Crippen LogP contribution is 2.39. The van der Waals surface area contributed by atoms with E-state index in [1.54, 1.807) is 24.3 Å². The number of ether oxygens (including phenoxy) is 1. The van der Waals surface area contributed by atoms with Gasteiger partial charge in [0.05, 0.1) is 18.7 Å². The lowest BCUT2D eigenvalue weighted by molar-refractivity contribution is -0.184. The predicted molar refractivity (Wildman–Crippen MR) is 68.4 cm³/mol. The fraction of sp³-hybridized carbons (Fsp3) is 0.571. The summed E-state index contributed by atoms with van der Waals surface area (Å²) in [6.45, 7) is 0. The Kier molecular flexibility index (Phi) is 4.22. The molecular formula is C14H18F3NO. The third kappa shape index (κ3) is 3.33. The number of anilines is 1. The van der Waals surface area contributed by atoms with E-state index in [1.807, 2.05) is 0 Å². The second kappa shape index (κ2) is 5.72. The summed E-state index contributed by atoms with van der Waals surface area (Å²) in [5.41, 5.74) is 0.631. The molecule has 0 spiro atoms. The van der Waals surface area contributed by atoms with E-state index in [2.05, 4.69) is 5.32 Å². The molecule has 2 nitrogen and oxygen atoms in total. The van der Waals surface area contributed by atoms with Crippen molar-refractivity contribution in [3.63, 3.8) is 0 Å². The lowest BCUT2D eigenvalue weighted by Crippen LogP contribution is -2.41. The summed E-state index contributed by atoms with van der Waals surface area (Å²) in [6, 6.07) is 6.52. The van der Waals surface area contributed by atoms with Crippen LogP contribution in [0.3, 0.4) is 0 Å². The largest absolute Gasteiger partial charge is 0.495 e. The molecule has 1 fully saturated rings. The zero-order chi connectivity index (χ0) is 13.9. The van der Waals surface area contributed by atoms with E-state index in [9.17, 15) is 13.2 Å². The van der Waals surface area contributed by atoms with Gasteiger partial charge < -0.3 is 10.1 Å². The van der Waals surface area contributed by atoms with Crippen molar-refractivity contribution in [2.24, 2.45) is 5.92 Å². The number of halogens is 3. The van der Waals surface area contributed by atoms with Crippen molar-refractivity contribution in [2.75, 3.05) is 12.4 Å². The molecule has 2 atom stereocenters. The van der Waals surface area contributed by atoms with E-state index in [0.29, 0.717) is 24.3 Å². The number of methoxy groups -OCH3 is 1. The van der Waals surface area contributed by atoms with Crippen molar-refractivity contribution in [2.45, 2.75) is 37.9 Å². The van der Waals surface area contributed by atoms with E-state index in [1.165, 1.54) is 7.11 Å². The van der Waals surface area contributed by atoms with Gasteiger partial charge in [-0.25, -0.2) is 0 Å². The van der Waals surface area contributed by atoms with Gasteiger partial charge in [0.1, 0.15) is 5.75 Å². The average Bonchev–Trinajstić information content (AvgIpc) is 2.39. The van der Waals surface area contributed by atoms with Crippen molar-refractivity contribution in [3.8, 4) is 5.75 Å². The number of hydrogen-bond acceptors (Lipinski definition) is 2. The summed E-state index contributed by atoms with van der Waals surface area (Å²) < 4.78 is 44.2. The Hall–Kier alpha value is -1.39. The number of benzene rings is 1. The van der Waals surface area contributed by atoms with Gasteiger partial charge in [-0.05, 0) is 25.0 Å². The van der Waals surface area contributed by atoms with Gasteiger partial charge in [-0.3, -0.25) is 0 Å². The highest BCUT2D eigenvalue weighted by molar-refractivity contribution is 5.56. The molecule has 0 aromatic heterocycles. The smallest absolute Gasteiger partial charge is 0.393 e. The molecule has 0 amide bonds. The highest BCUT2D eigenvalue weighted by atomic mass is 19.4. The molecule has 1 aliphatic carbocycles. The highest BCUT2D eigenvalue weighted by Gasteiger charge is 2.45. The van der Waals surface area contributed by atoms with Crippen LogP contribution in [0.1, 0.15) is 25.7 Å². The summed E-state index contributed by atoms with van der Waals surface area (Å²) in [5, 5.41) is 3.01. The molecule has 19 heavy (non-hydrogen) atoms. The summed E-state index contributed by atoms with van der Waals surface area (Å²) in [5.74, 6) is -0.694. The number of para-hydroxylation sites is 2. The van der Waals surface area contributed by atoms with Crippen LogP contribution >= 0.6 is 0 Å². The number of alkyl halides is 3. The Morgan fingerprint density at radius 2 is 1.84 bits per heavy atom. The van der Waals surface area contributed by atoms with E-state index in [0.717, 1.165) is 6.42 Å². The summed E-state index contributed by atoms with van der Waals surface area (Å²) in [7, 11) is 1.52. The second-order valence-electron chi connectivity index (χ2n) is 4.88. The minimum atomic E-state index is -4.14. The second-order valence-corrected chi connectivity index (χ2v) is 4.88. The van der Waals surface area contributed by atoms with Crippen LogP contribution in [-0.4, -0.2) is 19.3 Å². The maximum atomic E-state index is 13.0. The van der Waals surface area contributed by atoms with Gasteiger partial charge >= 0.3 is 6.18 Å². The minimum absolute atomic E-state index is 0.205. The molecule has 1 aromatic carbocycles. The van der Waals surface area contributed by atoms with Gasteiger partial charge in [-0.15, -0.1) is 0 Å². The van der Waals surface area contributed by atoms with Crippen LogP contribution in [0.2, 0.25) is 0 Å². The first-order valence-corrected chi connectivity index (χ1v) is 6.48. The molecule has 5 heteroatoms. The van der Waals surface area contributed by atoms with E-state index < -0.39 is 18.1 Å². The van der Waals surface area contributed by atoms with Crippen molar-refractivity contribution in [3.05, 3.63) is 24.3 Å². The number of hydrogen-bond donors (Lipinski definition) is 1. The Balaban J connectivity index is 2.15. The van der Waals surface area contributed by atoms with E-state index in [-0.39, 0.29) is 6.42 Å². The van der Waals surface area contributed by atoms with Gasteiger partial charge in [0, 0.05) is 6.04 Å². The van der Waals surface area contributed by atoms with Crippen LogP contribution in [0.4, 0.5) is 18.9 Å². The van der Waals surface area contributed by atoms with Crippen LogP contribution in [0.5, 0.6) is 5.75 Å². The monoisotopic (exact) mass is 273 g/mol. The van der Waals surface area contributed by atoms with Gasteiger partial charge in [-0.1, -0.05) is 25.0 Å². The molecule has 2 rings (SSSR count). The van der Waals surface area contributed by atoms with Gasteiger partial charge in [0.2, 0.25) is 0 Å². The SMILES string of the molecule is COc1ccccc1NC1CCCCC1C(F)(F)F. The average molecular weight is 273 g/mol. The fourth-order valence-electron chi connectivity index (χ4n) is 2.66. The molecule has 0 aliphatic heterocycles. The first-order chi connectivity index (χ1) is 9.02. The first-order valence-electron chi connectivity index (χ1n) is 6.48. The Labute approximate surface area is 111 Å². The molecule has 1 N–H and O–H groups in total. The van der Waals surface area contributed by atoms with Gasteiger partial charge in [-0.2, -0.15) is 13.2 Å². The molecule has 2 unspecified atom stereocenters. The molecule has 1 saturated carbocycles. The van der Waals surface area contributed by atoms with Crippen LogP contribution in [0, 0.1) is 5.92 Å². The summed E-state index contributed by atoms with van der Waals surface area (Å²) >= 11 is 0. The Bertz CT molecular complexity index is 419. The van der Waals surface area contributed by atoms with E-state index in [4.69, 9.17) is 4.74 Å². The molecule has 1 aromatic rings. The van der Waals surface area contributed by atoms with Crippen molar-refractivity contribution < 1.29 is 17.9 Å². The summed E-state index contributed by atoms with van der Waals surface area (Å²) in [4.78, 5) is 0. The predicted octanol–water partition coefficient (Wildman–Crippen LogP) is 4.23. The molecule has 0 bridgehead atoms. The van der Waals surface area contributed by atoms with E-state index >= 15 is 0 Å². The molecule has 0 heterocycles. The Morgan fingerprint density at radius 1 is 1.16 bits per heavy atom. The lowest BCUT2D eigenvalue weighted by Gasteiger charge is -2.34. The molecule has 106 valence electrons. The van der Waals surface area contributed by atoms with Gasteiger partial charge in [0.15, 0.2) is 0 Å². The third-order valence-corrected chi connectivity index (χ3v) is 3.63. The molecule has 0 radical (unpaired) electrons. The molecule has 0 saturated heterocycles. The fourth-order valence-corrected chi connectivity index (χ4v) is 2.66. The lowest BCUT2D eigenvalue weighted by atomic mass is 9.84. The van der Waals surface area contributed by atoms with Crippen LogP contribution in [0.25, 0.3) is 0 Å². The number of nitrogens with one attached hydrogen (secondary N) is 1. The van der Waals surface area contributed by atoms with Crippen molar-refractivity contribution >= 4 is 5.69 Å². The van der Waals surface area contributed by atoms with Crippen LogP contribution in [0.15, 0.2) is 24.3 Å². The minimum Gasteiger partial charge on any atom is -0.495 e. The zero-order valence-electron chi connectivity index (χ0n) is 10.8. The van der Waals surface area contributed by atoms with Crippen LogP contribution in [-0.2, 0) is 0 Å². The first kappa shape index (κ1) is 14.0. The third-order valence-electron chi connectivity index (χ3n) is 3.63. The summed E-state index contributed by atoms with van der Waals surface area (Å²) in [6.07, 6.45) is -1.91. The topological polar surface area (TPSA) is 21.3 Å². The van der Waals surface area contributed by atoms with Crippen molar-refractivity contribution in [1.82, 2.24) is 0 Å². The quantitative estimate of drug-likeness (QED) is 0.890. The molecule has 1 aliphatic rings. The normalized spacial score (nSPS) is 24.0. The maximum absolute atomic E-state index is 13.0. The van der Waals surface area contributed by atoms with Gasteiger partial charge in [0.25, 0.3) is 0 Å².